The molecule has 2 aliphatic heterocycles. The van der Waals surface area contributed by atoms with E-state index in [0.29, 0.717) is 12.8 Å². The van der Waals surface area contributed by atoms with E-state index >= 15 is 0 Å². The molecular weight excluding hydrogens is 720 g/mol. The average molecular weight is 795 g/mol. The van der Waals surface area contributed by atoms with Crippen LogP contribution in [0.3, 0.4) is 0 Å². The minimum atomic E-state index is -1.76. The Morgan fingerprint density at radius 2 is 0.927 bits per heavy atom. The maximum absolute atomic E-state index is 12.8. The first-order chi connectivity index (χ1) is 26.5. The second-order valence-corrected chi connectivity index (χ2v) is 15.2. The molecule has 55 heavy (non-hydrogen) atoms. The van der Waals surface area contributed by atoms with Crippen LogP contribution in [0.5, 0.6) is 0 Å². The molecule has 15 heteroatoms. The topological polar surface area (TPSA) is 231 Å². The molecule has 0 aromatic rings. The van der Waals surface area contributed by atoms with Crippen molar-refractivity contribution in [3.05, 3.63) is 0 Å². The molecule has 15 nitrogen and oxygen atoms in total. The number of rotatable bonds is 31. The molecule has 0 bridgehead atoms. The van der Waals surface area contributed by atoms with Crippen LogP contribution < -0.4 is 0 Å². The standard InChI is InChI=1S/C40H74O15/c1-3-5-7-9-11-13-14-15-17-18-20-22-31(42)50-25-28(53-32(43)23-21-19-16-12-10-8-6-4-2)26-51-39-38(49)36(47)34(45)30(55-39)27-52-40-37(48)35(46)33(44)29(24-41)54-40/h28-30,33-41,44-49H,3-27H2,1-2H3/t28-,29-,30-,33+,34+,35?,36?,37?,38?,39-,40-/m1/s1. The van der Waals surface area contributed by atoms with Crippen LogP contribution in [0.25, 0.3) is 0 Å². The Morgan fingerprint density at radius 3 is 1.42 bits per heavy atom. The lowest BCUT2D eigenvalue weighted by atomic mass is 9.98. The highest BCUT2D eigenvalue weighted by atomic mass is 16.7. The predicted molar refractivity (Wildman–Crippen MR) is 201 cm³/mol. The van der Waals surface area contributed by atoms with Crippen LogP contribution >= 0.6 is 0 Å². The first kappa shape index (κ1) is 49.6. The van der Waals surface area contributed by atoms with Gasteiger partial charge in [0.15, 0.2) is 18.7 Å². The maximum Gasteiger partial charge on any atom is 0.306 e. The van der Waals surface area contributed by atoms with Crippen molar-refractivity contribution in [1.82, 2.24) is 0 Å². The Labute approximate surface area is 328 Å². The highest BCUT2D eigenvalue weighted by molar-refractivity contribution is 5.70. The molecule has 0 aliphatic carbocycles. The summed E-state index contributed by atoms with van der Waals surface area (Å²) in [6.07, 6.45) is 4.64. The van der Waals surface area contributed by atoms with Gasteiger partial charge in [-0.25, -0.2) is 0 Å². The number of hydrogen-bond acceptors (Lipinski definition) is 15. The van der Waals surface area contributed by atoms with Crippen LogP contribution in [0.1, 0.15) is 149 Å². The molecule has 2 heterocycles. The second-order valence-electron chi connectivity index (χ2n) is 15.2. The first-order valence-electron chi connectivity index (χ1n) is 21.1. The molecule has 2 saturated heterocycles. The fourth-order valence-corrected chi connectivity index (χ4v) is 6.74. The lowest BCUT2D eigenvalue weighted by Crippen LogP contribution is -2.61. The quantitative estimate of drug-likeness (QED) is 0.0394. The molecule has 0 spiro atoms. The molecule has 0 saturated carbocycles. The number of unbranched alkanes of at least 4 members (excludes halogenated alkanes) is 17. The van der Waals surface area contributed by atoms with Gasteiger partial charge in [0.05, 0.1) is 19.8 Å². The van der Waals surface area contributed by atoms with Crippen molar-refractivity contribution in [2.45, 2.75) is 216 Å². The number of carbonyl (C=O) groups is 2. The lowest BCUT2D eigenvalue weighted by molar-refractivity contribution is -0.332. The number of carbonyl (C=O) groups excluding carboxylic acids is 2. The third kappa shape index (κ3) is 19.7. The molecule has 0 aromatic heterocycles. The molecule has 0 aromatic carbocycles. The lowest BCUT2D eigenvalue weighted by Gasteiger charge is -2.42. The summed E-state index contributed by atoms with van der Waals surface area (Å²) in [5.41, 5.74) is 0. The van der Waals surface area contributed by atoms with Crippen molar-refractivity contribution < 1.29 is 73.8 Å². The molecule has 4 unspecified atom stereocenters. The molecule has 2 aliphatic rings. The Bertz CT molecular complexity index is 986. The first-order valence-corrected chi connectivity index (χ1v) is 21.1. The van der Waals surface area contributed by atoms with E-state index < -0.39 is 92.7 Å². The molecule has 0 amide bonds. The number of hydrogen-bond donors (Lipinski definition) is 7. The van der Waals surface area contributed by atoms with E-state index in [1.54, 1.807) is 0 Å². The Hall–Kier alpha value is -1.50. The van der Waals surface area contributed by atoms with Crippen LogP contribution in [0.15, 0.2) is 0 Å². The van der Waals surface area contributed by atoms with Crippen molar-refractivity contribution in [3.63, 3.8) is 0 Å². The summed E-state index contributed by atoms with van der Waals surface area (Å²) in [5.74, 6) is -0.926. The smallest absolute Gasteiger partial charge is 0.306 e. The van der Waals surface area contributed by atoms with Crippen molar-refractivity contribution in [1.29, 1.82) is 0 Å². The molecule has 324 valence electrons. The highest BCUT2D eigenvalue weighted by Crippen LogP contribution is 2.26. The van der Waals surface area contributed by atoms with E-state index in [9.17, 15) is 45.3 Å². The molecule has 2 rings (SSSR count). The van der Waals surface area contributed by atoms with E-state index in [4.69, 9.17) is 28.4 Å². The zero-order chi connectivity index (χ0) is 40.4. The van der Waals surface area contributed by atoms with Gasteiger partial charge >= 0.3 is 11.9 Å². The van der Waals surface area contributed by atoms with Crippen molar-refractivity contribution in [2.24, 2.45) is 0 Å². The SMILES string of the molecule is CCCCCCCCCCCCCC(=O)OC[C@H](CO[C@@H]1O[C@H](CO[C@@H]2O[C@H](CO)[C@H](O)C(O)C2O)[C@H](O)C(O)C1O)OC(=O)CCCCCCCCCC. The summed E-state index contributed by atoms with van der Waals surface area (Å²) < 4.78 is 33.3. The van der Waals surface area contributed by atoms with Crippen molar-refractivity contribution in [2.75, 3.05) is 26.4 Å². The summed E-state index contributed by atoms with van der Waals surface area (Å²) >= 11 is 0. The minimum absolute atomic E-state index is 0.170. The van der Waals surface area contributed by atoms with E-state index in [1.165, 1.54) is 70.6 Å². The summed E-state index contributed by atoms with van der Waals surface area (Å²) in [4.78, 5) is 25.4. The van der Waals surface area contributed by atoms with Gasteiger partial charge in [-0.05, 0) is 12.8 Å². The van der Waals surface area contributed by atoms with Gasteiger partial charge < -0.3 is 64.2 Å². The van der Waals surface area contributed by atoms with Gasteiger partial charge in [0.2, 0.25) is 0 Å². The van der Waals surface area contributed by atoms with Gasteiger partial charge in [0, 0.05) is 12.8 Å². The summed E-state index contributed by atoms with van der Waals surface area (Å²) in [6.45, 7) is 2.52. The molecule has 11 atom stereocenters. The molecule has 2 fully saturated rings. The Morgan fingerprint density at radius 1 is 0.509 bits per heavy atom. The van der Waals surface area contributed by atoms with Gasteiger partial charge in [-0.1, -0.05) is 123 Å². The predicted octanol–water partition coefficient (Wildman–Crippen LogP) is 3.31. The number of ether oxygens (including phenoxy) is 6. The van der Waals surface area contributed by atoms with Crippen LogP contribution in [0, 0.1) is 0 Å². The number of aliphatic hydroxyl groups is 7. The second kappa shape index (κ2) is 29.7. The summed E-state index contributed by atoms with van der Waals surface area (Å²) in [5, 5.41) is 71.6. The van der Waals surface area contributed by atoms with Gasteiger partial charge in [0.25, 0.3) is 0 Å². The summed E-state index contributed by atoms with van der Waals surface area (Å²) in [7, 11) is 0. The zero-order valence-electron chi connectivity index (χ0n) is 33.4. The number of esters is 2. The molecule has 7 N–H and O–H groups in total. The van der Waals surface area contributed by atoms with Gasteiger partial charge in [-0.3, -0.25) is 9.59 Å². The summed E-state index contributed by atoms with van der Waals surface area (Å²) in [6, 6.07) is 0. The largest absolute Gasteiger partial charge is 0.462 e. The fraction of sp³-hybridized carbons (Fsp3) is 0.950. The monoisotopic (exact) mass is 795 g/mol. The molecule has 0 radical (unpaired) electrons. The third-order valence-electron chi connectivity index (χ3n) is 10.3. The normalized spacial score (nSPS) is 28.9. The Kier molecular flexibility index (Phi) is 26.8. The zero-order valence-corrected chi connectivity index (χ0v) is 33.4. The van der Waals surface area contributed by atoms with Crippen LogP contribution in [-0.2, 0) is 38.0 Å². The van der Waals surface area contributed by atoms with E-state index in [2.05, 4.69) is 13.8 Å². The molecular formula is C40H74O15. The van der Waals surface area contributed by atoms with Crippen molar-refractivity contribution >= 4 is 11.9 Å². The van der Waals surface area contributed by atoms with Crippen LogP contribution in [-0.4, -0.2) is 142 Å². The van der Waals surface area contributed by atoms with E-state index in [1.807, 2.05) is 0 Å². The minimum Gasteiger partial charge on any atom is -0.462 e. The van der Waals surface area contributed by atoms with Crippen LogP contribution in [0.2, 0.25) is 0 Å². The Balaban J connectivity index is 1.88. The highest BCUT2D eigenvalue weighted by Gasteiger charge is 2.47. The van der Waals surface area contributed by atoms with Crippen LogP contribution in [0.4, 0.5) is 0 Å². The third-order valence-corrected chi connectivity index (χ3v) is 10.3. The van der Waals surface area contributed by atoms with Crippen molar-refractivity contribution in [3.8, 4) is 0 Å². The average Bonchev–Trinajstić information content (AvgIpc) is 3.18. The van der Waals surface area contributed by atoms with Gasteiger partial charge in [-0.2, -0.15) is 0 Å². The van der Waals surface area contributed by atoms with E-state index in [0.717, 1.165) is 38.5 Å². The van der Waals surface area contributed by atoms with Gasteiger partial charge in [-0.15, -0.1) is 0 Å². The van der Waals surface area contributed by atoms with E-state index in [-0.39, 0.29) is 26.1 Å². The maximum atomic E-state index is 12.8. The number of aliphatic hydroxyl groups excluding tert-OH is 7. The fourth-order valence-electron chi connectivity index (χ4n) is 6.74. The van der Waals surface area contributed by atoms with Gasteiger partial charge in [0.1, 0.15) is 55.4 Å².